The Bertz CT molecular complexity index is 622. The van der Waals surface area contributed by atoms with Crippen LogP contribution in [0.2, 0.25) is 0 Å². The number of hydrogen-bond acceptors (Lipinski definition) is 2. The number of halogens is 2. The molecule has 2 unspecified atom stereocenters. The first-order valence-corrected chi connectivity index (χ1v) is 7.17. The van der Waals surface area contributed by atoms with Gasteiger partial charge < -0.3 is 0 Å². The lowest BCUT2D eigenvalue weighted by Crippen LogP contribution is -2.41. The molecule has 3 rings (SSSR count). The Balaban J connectivity index is 1.87. The van der Waals surface area contributed by atoms with Crippen molar-refractivity contribution in [1.82, 2.24) is 5.43 Å². The summed E-state index contributed by atoms with van der Waals surface area (Å²) in [6, 6.07) is 12.0. The molecule has 0 bridgehead atoms. The summed E-state index contributed by atoms with van der Waals surface area (Å²) in [6.07, 6.45) is 2.18. The van der Waals surface area contributed by atoms with Gasteiger partial charge in [0, 0.05) is 17.5 Å². The molecule has 1 aliphatic carbocycles. The van der Waals surface area contributed by atoms with Crippen LogP contribution in [0.5, 0.6) is 0 Å². The topological polar surface area (TPSA) is 38.0 Å². The lowest BCUT2D eigenvalue weighted by atomic mass is 9.89. The van der Waals surface area contributed by atoms with E-state index in [1.165, 1.54) is 29.3 Å². The molecule has 2 nitrogen and oxygen atoms in total. The van der Waals surface area contributed by atoms with Gasteiger partial charge in [-0.05, 0) is 42.5 Å². The predicted octanol–water partition coefficient (Wildman–Crippen LogP) is 3.07. The normalized spacial score (nSPS) is 18.5. The lowest BCUT2D eigenvalue weighted by Gasteiger charge is -2.24. The first-order valence-electron chi connectivity index (χ1n) is 7.17. The van der Waals surface area contributed by atoms with Gasteiger partial charge in [0.1, 0.15) is 11.6 Å². The third-order valence-corrected chi connectivity index (χ3v) is 4.36. The Hall–Kier alpha value is -1.78. The van der Waals surface area contributed by atoms with E-state index in [9.17, 15) is 8.78 Å². The summed E-state index contributed by atoms with van der Waals surface area (Å²) in [5.74, 6) is 4.82. The SMILES string of the molecule is NNC(Cc1c(F)cccc1F)C1CCc2ccccc21. The third kappa shape index (κ3) is 2.69. The molecule has 21 heavy (non-hydrogen) atoms. The van der Waals surface area contributed by atoms with Crippen molar-refractivity contribution in [2.24, 2.45) is 5.84 Å². The number of hydrazine groups is 1. The zero-order chi connectivity index (χ0) is 14.8. The molecule has 0 amide bonds. The highest BCUT2D eigenvalue weighted by Crippen LogP contribution is 2.36. The second-order valence-corrected chi connectivity index (χ2v) is 5.52. The molecule has 0 spiro atoms. The van der Waals surface area contributed by atoms with Crippen LogP contribution in [0.4, 0.5) is 8.78 Å². The van der Waals surface area contributed by atoms with E-state index in [1.807, 2.05) is 12.1 Å². The summed E-state index contributed by atoms with van der Waals surface area (Å²) in [5.41, 5.74) is 5.39. The van der Waals surface area contributed by atoms with E-state index in [4.69, 9.17) is 5.84 Å². The van der Waals surface area contributed by atoms with Crippen molar-refractivity contribution in [2.75, 3.05) is 0 Å². The molecule has 0 saturated carbocycles. The van der Waals surface area contributed by atoms with Crippen LogP contribution >= 0.6 is 0 Å². The van der Waals surface area contributed by atoms with Crippen LogP contribution in [0.25, 0.3) is 0 Å². The van der Waals surface area contributed by atoms with Gasteiger partial charge in [-0.15, -0.1) is 0 Å². The highest BCUT2D eigenvalue weighted by molar-refractivity contribution is 5.36. The summed E-state index contributed by atoms with van der Waals surface area (Å²) in [4.78, 5) is 0. The third-order valence-electron chi connectivity index (χ3n) is 4.36. The maximum atomic E-state index is 13.8. The van der Waals surface area contributed by atoms with Gasteiger partial charge in [0.2, 0.25) is 0 Å². The van der Waals surface area contributed by atoms with Crippen LogP contribution < -0.4 is 11.3 Å². The summed E-state index contributed by atoms with van der Waals surface area (Å²) < 4.78 is 27.6. The van der Waals surface area contributed by atoms with Crippen molar-refractivity contribution in [3.05, 3.63) is 70.8 Å². The molecule has 0 fully saturated rings. The van der Waals surface area contributed by atoms with E-state index in [0.717, 1.165) is 12.8 Å². The molecule has 0 aliphatic heterocycles. The molecular formula is C17H18F2N2. The van der Waals surface area contributed by atoms with Crippen molar-refractivity contribution < 1.29 is 8.78 Å². The van der Waals surface area contributed by atoms with E-state index >= 15 is 0 Å². The number of rotatable bonds is 4. The minimum absolute atomic E-state index is 0.102. The number of hydrogen-bond donors (Lipinski definition) is 2. The highest BCUT2D eigenvalue weighted by Gasteiger charge is 2.30. The first-order chi connectivity index (χ1) is 10.2. The molecule has 0 aromatic heterocycles. The second kappa shape index (κ2) is 5.92. The Labute approximate surface area is 122 Å². The monoisotopic (exact) mass is 288 g/mol. The maximum absolute atomic E-state index is 13.8. The van der Waals surface area contributed by atoms with Crippen LogP contribution in [-0.4, -0.2) is 6.04 Å². The van der Waals surface area contributed by atoms with Crippen LogP contribution in [0.1, 0.15) is 29.0 Å². The Morgan fingerprint density at radius 2 is 1.81 bits per heavy atom. The fourth-order valence-corrected chi connectivity index (χ4v) is 3.27. The number of aryl methyl sites for hydroxylation is 1. The van der Waals surface area contributed by atoms with Gasteiger partial charge in [-0.2, -0.15) is 0 Å². The van der Waals surface area contributed by atoms with Gasteiger partial charge in [-0.3, -0.25) is 11.3 Å². The molecule has 4 heteroatoms. The molecule has 2 aromatic carbocycles. The average molecular weight is 288 g/mol. The molecule has 3 N–H and O–H groups in total. The van der Waals surface area contributed by atoms with Crippen LogP contribution in [0.15, 0.2) is 42.5 Å². The maximum Gasteiger partial charge on any atom is 0.129 e. The number of nitrogens with two attached hydrogens (primary N) is 1. The van der Waals surface area contributed by atoms with Gasteiger partial charge in [-0.25, -0.2) is 8.78 Å². The summed E-state index contributed by atoms with van der Waals surface area (Å²) in [6.45, 7) is 0. The molecule has 0 heterocycles. The molecule has 110 valence electrons. The molecule has 0 radical (unpaired) electrons. The largest absolute Gasteiger partial charge is 0.271 e. The van der Waals surface area contributed by atoms with Crippen LogP contribution in [0.3, 0.4) is 0 Å². The van der Waals surface area contributed by atoms with E-state index in [1.54, 1.807) is 0 Å². The van der Waals surface area contributed by atoms with E-state index in [-0.39, 0.29) is 23.9 Å². The summed E-state index contributed by atoms with van der Waals surface area (Å²) in [5, 5.41) is 0. The minimum atomic E-state index is -0.512. The second-order valence-electron chi connectivity index (χ2n) is 5.52. The Morgan fingerprint density at radius 3 is 2.52 bits per heavy atom. The van der Waals surface area contributed by atoms with E-state index in [0.29, 0.717) is 0 Å². The molecule has 2 aromatic rings. The number of fused-ring (bicyclic) bond motifs is 1. The van der Waals surface area contributed by atoms with E-state index in [2.05, 4.69) is 17.6 Å². The van der Waals surface area contributed by atoms with Crippen molar-refractivity contribution in [3.8, 4) is 0 Å². The van der Waals surface area contributed by atoms with Gasteiger partial charge >= 0.3 is 0 Å². The van der Waals surface area contributed by atoms with Gasteiger partial charge in [0.25, 0.3) is 0 Å². The van der Waals surface area contributed by atoms with Gasteiger partial charge in [0.05, 0.1) is 0 Å². The van der Waals surface area contributed by atoms with Crippen molar-refractivity contribution in [2.45, 2.75) is 31.2 Å². The van der Waals surface area contributed by atoms with Gasteiger partial charge in [-0.1, -0.05) is 30.3 Å². The van der Waals surface area contributed by atoms with Gasteiger partial charge in [0.15, 0.2) is 0 Å². The molecular weight excluding hydrogens is 270 g/mol. The quantitative estimate of drug-likeness (QED) is 0.670. The number of nitrogens with one attached hydrogen (secondary N) is 1. The van der Waals surface area contributed by atoms with Crippen LogP contribution in [-0.2, 0) is 12.8 Å². The standard InChI is InChI=1S/C17H18F2N2/c18-15-6-3-7-16(19)14(15)10-17(21-20)13-9-8-11-4-1-2-5-12(11)13/h1-7,13,17,21H,8-10,20H2. The van der Waals surface area contributed by atoms with E-state index < -0.39 is 11.6 Å². The fourth-order valence-electron chi connectivity index (χ4n) is 3.27. The smallest absolute Gasteiger partial charge is 0.129 e. The first kappa shape index (κ1) is 14.2. The molecule has 0 saturated heterocycles. The zero-order valence-corrected chi connectivity index (χ0v) is 11.7. The Kier molecular flexibility index (Phi) is 3.99. The van der Waals surface area contributed by atoms with Crippen molar-refractivity contribution in [1.29, 1.82) is 0 Å². The summed E-state index contributed by atoms with van der Waals surface area (Å²) in [7, 11) is 0. The fraction of sp³-hybridized carbons (Fsp3) is 0.294. The highest BCUT2D eigenvalue weighted by atomic mass is 19.1. The van der Waals surface area contributed by atoms with Crippen LogP contribution in [0, 0.1) is 11.6 Å². The minimum Gasteiger partial charge on any atom is -0.271 e. The lowest BCUT2D eigenvalue weighted by molar-refractivity contribution is 0.419. The number of benzene rings is 2. The molecule has 1 aliphatic rings. The predicted molar refractivity (Wildman–Crippen MR) is 78.7 cm³/mol. The Morgan fingerprint density at radius 1 is 1.10 bits per heavy atom. The zero-order valence-electron chi connectivity index (χ0n) is 11.7. The van der Waals surface area contributed by atoms with Crippen molar-refractivity contribution in [3.63, 3.8) is 0 Å². The summed E-state index contributed by atoms with van der Waals surface area (Å²) >= 11 is 0. The van der Waals surface area contributed by atoms with Crippen molar-refractivity contribution >= 4 is 0 Å². The molecule has 2 atom stereocenters. The average Bonchev–Trinajstić information content (AvgIpc) is 2.91.